The summed E-state index contributed by atoms with van der Waals surface area (Å²) in [5, 5.41) is 3.36. The fourth-order valence-corrected chi connectivity index (χ4v) is 2.98. The summed E-state index contributed by atoms with van der Waals surface area (Å²) in [6.45, 7) is 2.06. The van der Waals surface area contributed by atoms with Gasteiger partial charge in [0.25, 0.3) is 0 Å². The summed E-state index contributed by atoms with van der Waals surface area (Å²) >= 11 is 5.13. The lowest BCUT2D eigenvalue weighted by Gasteiger charge is -2.12. The monoisotopic (exact) mass is 333 g/mol. The summed E-state index contributed by atoms with van der Waals surface area (Å²) in [4.78, 5) is 4.30. The number of nitrogens with two attached hydrogens (primary N) is 1. The van der Waals surface area contributed by atoms with Crippen LogP contribution in [0.15, 0.2) is 40.3 Å². The molecule has 1 heterocycles. The molecule has 0 spiro atoms. The molecule has 0 fully saturated rings. The molecule has 0 bridgehead atoms. The third-order valence-corrected chi connectivity index (χ3v) is 4.42. The predicted molar refractivity (Wildman–Crippen MR) is 86.2 cm³/mol. The smallest absolute Gasteiger partial charge is 0.106 e. The number of halogens is 1. The van der Waals surface area contributed by atoms with Gasteiger partial charge < -0.3 is 11.1 Å². The standard InChI is InChI=1S/C14H12BrN3S/c1-8-2-3-9(15)11(6-8)18-10-4-5-12-14(13(10)16)17-7-19-12/h2-7,18H,16H2,1H3. The number of hydrogen-bond donors (Lipinski definition) is 2. The summed E-state index contributed by atoms with van der Waals surface area (Å²) in [7, 11) is 0. The van der Waals surface area contributed by atoms with Crippen LogP contribution in [0, 0.1) is 6.92 Å². The first-order chi connectivity index (χ1) is 9.15. The Morgan fingerprint density at radius 1 is 1.21 bits per heavy atom. The van der Waals surface area contributed by atoms with E-state index in [9.17, 15) is 0 Å². The number of anilines is 3. The highest BCUT2D eigenvalue weighted by atomic mass is 79.9. The molecule has 3 aromatic rings. The fraction of sp³-hybridized carbons (Fsp3) is 0.0714. The number of nitrogens with one attached hydrogen (secondary N) is 1. The number of benzene rings is 2. The Bertz CT molecular complexity index is 752. The molecule has 0 saturated carbocycles. The summed E-state index contributed by atoms with van der Waals surface area (Å²) < 4.78 is 2.11. The zero-order chi connectivity index (χ0) is 13.4. The Kier molecular flexibility index (Phi) is 3.16. The average molecular weight is 334 g/mol. The van der Waals surface area contributed by atoms with Crippen molar-refractivity contribution in [3.8, 4) is 0 Å². The van der Waals surface area contributed by atoms with Crippen LogP contribution in [0.5, 0.6) is 0 Å². The molecule has 0 aliphatic carbocycles. The van der Waals surface area contributed by atoms with Gasteiger partial charge in [-0.25, -0.2) is 4.98 Å². The van der Waals surface area contributed by atoms with Crippen LogP contribution >= 0.6 is 27.3 Å². The minimum atomic E-state index is 0.687. The van der Waals surface area contributed by atoms with Gasteiger partial charge in [0.15, 0.2) is 0 Å². The molecule has 5 heteroatoms. The fourth-order valence-electron chi connectivity index (χ4n) is 1.94. The number of fused-ring (bicyclic) bond motifs is 1. The first-order valence-electron chi connectivity index (χ1n) is 5.80. The minimum Gasteiger partial charge on any atom is -0.395 e. The van der Waals surface area contributed by atoms with E-state index in [2.05, 4.69) is 45.3 Å². The van der Waals surface area contributed by atoms with Crippen molar-refractivity contribution < 1.29 is 0 Å². The van der Waals surface area contributed by atoms with E-state index >= 15 is 0 Å². The molecule has 1 aromatic heterocycles. The molecular weight excluding hydrogens is 322 g/mol. The van der Waals surface area contributed by atoms with Crippen molar-refractivity contribution in [1.82, 2.24) is 4.98 Å². The van der Waals surface area contributed by atoms with Crippen LogP contribution in [-0.4, -0.2) is 4.98 Å². The largest absolute Gasteiger partial charge is 0.395 e. The van der Waals surface area contributed by atoms with Gasteiger partial charge in [-0.15, -0.1) is 11.3 Å². The SMILES string of the molecule is Cc1ccc(Br)c(Nc2ccc3scnc3c2N)c1. The van der Waals surface area contributed by atoms with Crippen LogP contribution in [0.3, 0.4) is 0 Å². The molecule has 3 nitrogen and oxygen atoms in total. The molecule has 2 aromatic carbocycles. The molecule has 0 unspecified atom stereocenters. The van der Waals surface area contributed by atoms with Crippen molar-refractivity contribution in [2.24, 2.45) is 0 Å². The van der Waals surface area contributed by atoms with Crippen molar-refractivity contribution in [3.05, 3.63) is 45.9 Å². The summed E-state index contributed by atoms with van der Waals surface area (Å²) in [6, 6.07) is 10.2. The first-order valence-corrected chi connectivity index (χ1v) is 7.47. The maximum Gasteiger partial charge on any atom is 0.106 e. The van der Waals surface area contributed by atoms with Crippen LogP contribution in [0.25, 0.3) is 10.2 Å². The number of hydrogen-bond acceptors (Lipinski definition) is 4. The van der Waals surface area contributed by atoms with Gasteiger partial charge in [0.05, 0.1) is 27.3 Å². The number of rotatable bonds is 2. The lowest BCUT2D eigenvalue weighted by Crippen LogP contribution is -1.98. The van der Waals surface area contributed by atoms with Crippen LogP contribution in [0.4, 0.5) is 17.1 Å². The van der Waals surface area contributed by atoms with Gasteiger partial charge in [0, 0.05) is 4.47 Å². The Morgan fingerprint density at radius 3 is 2.89 bits per heavy atom. The van der Waals surface area contributed by atoms with Crippen LogP contribution in [-0.2, 0) is 0 Å². The van der Waals surface area contributed by atoms with Gasteiger partial charge in [-0.3, -0.25) is 0 Å². The maximum absolute atomic E-state index is 6.17. The maximum atomic E-state index is 6.17. The van der Waals surface area contributed by atoms with Crippen molar-refractivity contribution in [3.63, 3.8) is 0 Å². The van der Waals surface area contributed by atoms with E-state index in [0.29, 0.717) is 5.69 Å². The van der Waals surface area contributed by atoms with Gasteiger partial charge >= 0.3 is 0 Å². The normalized spacial score (nSPS) is 10.8. The summed E-state index contributed by atoms with van der Waals surface area (Å²) in [5.74, 6) is 0. The van der Waals surface area contributed by atoms with Crippen molar-refractivity contribution in [2.75, 3.05) is 11.1 Å². The third-order valence-electron chi connectivity index (χ3n) is 2.93. The van der Waals surface area contributed by atoms with Gasteiger partial charge in [-0.2, -0.15) is 0 Å². The Morgan fingerprint density at radius 2 is 2.05 bits per heavy atom. The predicted octanol–water partition coefficient (Wildman–Crippen LogP) is 4.69. The lowest BCUT2D eigenvalue weighted by molar-refractivity contribution is 1.43. The van der Waals surface area contributed by atoms with E-state index in [1.54, 1.807) is 11.3 Å². The Labute approximate surface area is 123 Å². The van der Waals surface area contributed by atoms with E-state index < -0.39 is 0 Å². The summed E-state index contributed by atoms with van der Waals surface area (Å²) in [6.07, 6.45) is 0. The Balaban J connectivity index is 2.05. The number of thiazole rings is 1. The molecule has 3 N–H and O–H groups in total. The number of aryl methyl sites for hydroxylation is 1. The Hall–Kier alpha value is -1.59. The zero-order valence-electron chi connectivity index (χ0n) is 10.3. The van der Waals surface area contributed by atoms with Gasteiger partial charge in [0.2, 0.25) is 0 Å². The highest BCUT2D eigenvalue weighted by Gasteiger charge is 2.08. The van der Waals surface area contributed by atoms with Crippen LogP contribution in [0.2, 0.25) is 0 Å². The number of nitrogens with zero attached hydrogens (tertiary/aromatic N) is 1. The molecule has 0 saturated heterocycles. The van der Waals surface area contributed by atoms with Gasteiger partial charge in [-0.05, 0) is 52.7 Å². The van der Waals surface area contributed by atoms with E-state index in [1.807, 2.05) is 23.7 Å². The molecule has 0 amide bonds. The van der Waals surface area contributed by atoms with Gasteiger partial charge in [-0.1, -0.05) is 6.07 Å². The third kappa shape index (κ3) is 2.31. The molecule has 0 aliphatic heterocycles. The van der Waals surface area contributed by atoms with Crippen molar-refractivity contribution >= 4 is 54.5 Å². The molecule has 0 atom stereocenters. The average Bonchev–Trinajstić information content (AvgIpc) is 2.86. The van der Waals surface area contributed by atoms with E-state index in [0.717, 1.165) is 26.1 Å². The first kappa shape index (κ1) is 12.4. The number of aromatic nitrogens is 1. The molecule has 0 radical (unpaired) electrons. The second-order valence-corrected chi connectivity index (χ2v) is 6.07. The quantitative estimate of drug-likeness (QED) is 0.668. The lowest BCUT2D eigenvalue weighted by atomic mass is 10.2. The van der Waals surface area contributed by atoms with Crippen molar-refractivity contribution in [2.45, 2.75) is 6.92 Å². The summed E-state index contributed by atoms with van der Waals surface area (Å²) in [5.41, 5.74) is 12.6. The molecule has 0 aliphatic rings. The van der Waals surface area contributed by atoms with Crippen molar-refractivity contribution in [1.29, 1.82) is 0 Å². The van der Waals surface area contributed by atoms with E-state index in [1.165, 1.54) is 5.56 Å². The molecule has 96 valence electrons. The van der Waals surface area contributed by atoms with Crippen LogP contribution in [0.1, 0.15) is 5.56 Å². The second kappa shape index (κ2) is 4.83. The second-order valence-electron chi connectivity index (χ2n) is 4.33. The zero-order valence-corrected chi connectivity index (χ0v) is 12.7. The topological polar surface area (TPSA) is 50.9 Å². The highest BCUT2D eigenvalue weighted by molar-refractivity contribution is 9.10. The molecular formula is C14H12BrN3S. The molecule has 3 rings (SSSR count). The van der Waals surface area contributed by atoms with E-state index in [-0.39, 0.29) is 0 Å². The van der Waals surface area contributed by atoms with E-state index in [4.69, 9.17) is 5.73 Å². The number of nitrogen functional groups attached to an aromatic ring is 1. The van der Waals surface area contributed by atoms with Gasteiger partial charge in [0.1, 0.15) is 5.52 Å². The highest BCUT2D eigenvalue weighted by Crippen LogP contribution is 2.34. The minimum absolute atomic E-state index is 0.687. The molecule has 19 heavy (non-hydrogen) atoms. The van der Waals surface area contributed by atoms with Crippen LogP contribution < -0.4 is 11.1 Å².